The van der Waals surface area contributed by atoms with Gasteiger partial charge < -0.3 is 18.8 Å². The smallest absolute Gasteiger partial charge is 0.306 e. The number of ether oxygens (including phenoxy) is 3. The van der Waals surface area contributed by atoms with E-state index in [0.717, 1.165) is 31.4 Å². The van der Waals surface area contributed by atoms with E-state index in [1.54, 1.807) is 23.5 Å². The molecule has 8 nitrogen and oxygen atoms in total. The molecule has 2 atom stereocenters. The number of esters is 1. The van der Waals surface area contributed by atoms with Crippen molar-refractivity contribution >= 4 is 27.4 Å². The van der Waals surface area contributed by atoms with Gasteiger partial charge in [-0.3, -0.25) is 4.79 Å². The predicted octanol–water partition coefficient (Wildman–Crippen LogP) is 8.26. The molecule has 3 rings (SSSR count). The fourth-order valence-electron chi connectivity index (χ4n) is 5.19. The van der Waals surface area contributed by atoms with Crippen LogP contribution < -0.4 is 4.57 Å². The van der Waals surface area contributed by atoms with Crippen LogP contribution in [-0.4, -0.2) is 44.5 Å². The number of unbranched alkanes of at least 4 members (excludes halogenated alkanes) is 14. The summed E-state index contributed by atoms with van der Waals surface area (Å²) < 4.78 is 50.3. The van der Waals surface area contributed by atoms with Gasteiger partial charge in [0.05, 0.1) is 23.3 Å². The maximum atomic E-state index is 11.9. The zero-order valence-corrected chi connectivity index (χ0v) is 29.3. The zero-order valence-electron chi connectivity index (χ0n) is 27.7. The molecule has 256 valence electrons. The standard InChI is InChI=1S/C28H50NO4S.C7H8O3S/c1-2-3-4-5-6-7-8-9-10-11-12-13-14-15-16-19-28-32-24-26(33-28)23-31-27(30)18-17-20-29-21-22-34-25-29;1-6-2-4-7(5-3-6)11(8,9)10/h21-22,25-26,28H,2-20,23-24H2,1H3;2-5H,1H3,(H,8,9,10)/q+1;/p-1. The largest absolute Gasteiger partial charge is 0.744 e. The summed E-state index contributed by atoms with van der Waals surface area (Å²) in [7, 11) is -4.27. The maximum absolute atomic E-state index is 11.9. The van der Waals surface area contributed by atoms with Crippen molar-refractivity contribution in [3.63, 3.8) is 0 Å². The molecule has 1 fully saturated rings. The number of aryl methyl sites for hydroxylation is 2. The summed E-state index contributed by atoms with van der Waals surface area (Å²) in [6, 6.07) is 5.78. The van der Waals surface area contributed by atoms with Crippen molar-refractivity contribution in [1.29, 1.82) is 0 Å². The van der Waals surface area contributed by atoms with E-state index in [1.807, 2.05) is 24.0 Å². The molecule has 2 aromatic rings. The highest BCUT2D eigenvalue weighted by atomic mass is 32.2. The highest BCUT2D eigenvalue weighted by molar-refractivity contribution is 7.85. The van der Waals surface area contributed by atoms with Crippen molar-refractivity contribution in [3.8, 4) is 0 Å². The topological polar surface area (TPSA) is 106 Å². The summed E-state index contributed by atoms with van der Waals surface area (Å²) >= 11 is 1.66. The van der Waals surface area contributed by atoms with Crippen LogP contribution >= 0.6 is 11.3 Å². The van der Waals surface area contributed by atoms with E-state index in [9.17, 15) is 17.8 Å². The Bertz CT molecular complexity index is 1110. The lowest BCUT2D eigenvalue weighted by Gasteiger charge is -2.12. The van der Waals surface area contributed by atoms with Gasteiger partial charge in [0.15, 0.2) is 12.5 Å². The van der Waals surface area contributed by atoms with E-state index in [4.69, 9.17) is 14.2 Å². The molecule has 0 spiro atoms. The van der Waals surface area contributed by atoms with Crippen LogP contribution in [0.4, 0.5) is 0 Å². The maximum Gasteiger partial charge on any atom is 0.306 e. The average molecular weight is 668 g/mol. The summed E-state index contributed by atoms with van der Waals surface area (Å²) in [5, 5.41) is 2.03. The molecular weight excluding hydrogens is 611 g/mol. The first kappa shape index (κ1) is 39.3. The van der Waals surface area contributed by atoms with Crippen LogP contribution in [0.15, 0.2) is 46.2 Å². The molecule has 0 aliphatic carbocycles. The molecule has 0 bridgehead atoms. The molecule has 0 amide bonds. The number of hydrogen-bond acceptors (Lipinski definition) is 8. The van der Waals surface area contributed by atoms with Gasteiger partial charge in [-0.2, -0.15) is 4.57 Å². The number of thiazole rings is 1. The fourth-order valence-corrected chi connectivity index (χ4v) is 6.29. The van der Waals surface area contributed by atoms with E-state index >= 15 is 0 Å². The molecule has 1 aliphatic rings. The van der Waals surface area contributed by atoms with Crippen molar-refractivity contribution < 1.29 is 36.5 Å². The van der Waals surface area contributed by atoms with Crippen molar-refractivity contribution in [3.05, 3.63) is 46.9 Å². The molecule has 1 saturated heterocycles. The van der Waals surface area contributed by atoms with Crippen LogP contribution in [0, 0.1) is 6.92 Å². The van der Waals surface area contributed by atoms with Crippen LogP contribution in [-0.2, 0) is 35.7 Å². The molecule has 0 radical (unpaired) electrons. The fraction of sp³-hybridized carbons (Fsp3) is 0.714. The Morgan fingerprint density at radius 3 is 2.02 bits per heavy atom. The second kappa shape index (κ2) is 24.3. The zero-order chi connectivity index (χ0) is 32.6. The second-order valence-electron chi connectivity index (χ2n) is 12.1. The van der Waals surface area contributed by atoms with Gasteiger partial charge in [-0.05, 0) is 31.9 Å². The van der Waals surface area contributed by atoms with Crippen LogP contribution in [0.1, 0.15) is 128 Å². The molecular formula is C35H57NO7S2. The van der Waals surface area contributed by atoms with Crippen molar-refractivity contribution in [2.75, 3.05) is 13.2 Å². The molecule has 45 heavy (non-hydrogen) atoms. The number of aromatic nitrogens is 1. The number of rotatable bonds is 23. The average Bonchev–Trinajstić information content (AvgIpc) is 3.71. The van der Waals surface area contributed by atoms with Crippen LogP contribution in [0.2, 0.25) is 0 Å². The van der Waals surface area contributed by atoms with Crippen molar-refractivity contribution in [2.45, 2.75) is 153 Å². The number of carbonyl (C=O) groups is 1. The van der Waals surface area contributed by atoms with Gasteiger partial charge in [0.25, 0.3) is 0 Å². The normalized spacial score (nSPS) is 16.3. The summed E-state index contributed by atoms with van der Waals surface area (Å²) in [6.07, 6.45) is 24.6. The lowest BCUT2D eigenvalue weighted by molar-refractivity contribution is -0.692. The van der Waals surface area contributed by atoms with Gasteiger partial charge in [-0.25, -0.2) is 8.42 Å². The van der Waals surface area contributed by atoms with Crippen LogP contribution in [0.25, 0.3) is 0 Å². The molecule has 1 aromatic heterocycles. The Kier molecular flexibility index (Phi) is 21.3. The number of benzene rings is 1. The van der Waals surface area contributed by atoms with Gasteiger partial charge in [0.1, 0.15) is 29.4 Å². The Morgan fingerprint density at radius 2 is 1.49 bits per heavy atom. The van der Waals surface area contributed by atoms with E-state index < -0.39 is 10.1 Å². The Labute approximate surface area is 276 Å². The Hall–Kier alpha value is -1.85. The van der Waals surface area contributed by atoms with Gasteiger partial charge in [-0.15, -0.1) is 0 Å². The quantitative estimate of drug-likeness (QED) is 0.0508. The minimum Gasteiger partial charge on any atom is -0.744 e. The minimum atomic E-state index is -4.27. The predicted molar refractivity (Wildman–Crippen MR) is 178 cm³/mol. The molecule has 10 heteroatoms. The monoisotopic (exact) mass is 667 g/mol. The lowest BCUT2D eigenvalue weighted by Crippen LogP contribution is -2.30. The summed E-state index contributed by atoms with van der Waals surface area (Å²) in [4.78, 5) is 11.7. The minimum absolute atomic E-state index is 0.114. The molecule has 0 saturated carbocycles. The SMILES string of the molecule is CCCCCCCCCCCCCCCCCC1OCC(COC(=O)CCC[n+]2ccsc2)O1.Cc1ccc(S(=O)(=O)[O-])cc1. The first-order chi connectivity index (χ1) is 21.8. The Balaban J connectivity index is 0.000000537. The van der Waals surface area contributed by atoms with Gasteiger partial charge in [-0.1, -0.05) is 126 Å². The molecule has 1 aliphatic heterocycles. The summed E-state index contributed by atoms with van der Waals surface area (Å²) in [5.41, 5.74) is 2.98. The summed E-state index contributed by atoms with van der Waals surface area (Å²) in [6.45, 7) is 5.79. The molecule has 2 heterocycles. The number of carbonyl (C=O) groups excluding carboxylic acids is 1. The highest BCUT2D eigenvalue weighted by Crippen LogP contribution is 2.19. The third kappa shape index (κ3) is 20.1. The molecule has 0 N–H and O–H groups in total. The van der Waals surface area contributed by atoms with Gasteiger partial charge in [0, 0.05) is 6.42 Å². The number of hydrogen-bond donors (Lipinski definition) is 0. The van der Waals surface area contributed by atoms with Crippen LogP contribution in [0.3, 0.4) is 0 Å². The summed E-state index contributed by atoms with van der Waals surface area (Å²) in [5.74, 6) is -0.148. The Morgan fingerprint density at radius 1 is 0.911 bits per heavy atom. The molecule has 1 aromatic carbocycles. The van der Waals surface area contributed by atoms with Crippen molar-refractivity contribution in [2.24, 2.45) is 0 Å². The third-order valence-electron chi connectivity index (χ3n) is 7.92. The third-order valence-corrected chi connectivity index (χ3v) is 9.44. The highest BCUT2D eigenvalue weighted by Gasteiger charge is 2.26. The number of nitrogens with zero attached hydrogens (tertiary/aromatic N) is 1. The second-order valence-corrected chi connectivity index (χ2v) is 14.2. The first-order valence-corrected chi connectivity index (χ1v) is 19.5. The lowest BCUT2D eigenvalue weighted by atomic mass is 10.0. The van der Waals surface area contributed by atoms with E-state index in [-0.39, 0.29) is 23.3 Å². The van der Waals surface area contributed by atoms with Gasteiger partial charge >= 0.3 is 5.97 Å². The molecule has 2 unspecified atom stereocenters. The van der Waals surface area contributed by atoms with E-state index in [0.29, 0.717) is 19.6 Å². The van der Waals surface area contributed by atoms with Crippen LogP contribution in [0.5, 0.6) is 0 Å². The van der Waals surface area contributed by atoms with Crippen molar-refractivity contribution in [1.82, 2.24) is 0 Å². The van der Waals surface area contributed by atoms with Gasteiger partial charge in [0.2, 0.25) is 5.51 Å². The first-order valence-electron chi connectivity index (χ1n) is 17.1. The van der Waals surface area contributed by atoms with E-state index in [2.05, 4.69) is 11.5 Å². The van der Waals surface area contributed by atoms with E-state index in [1.165, 1.54) is 102 Å².